The Bertz CT molecular complexity index is 290. The Labute approximate surface area is 74.4 Å². The second kappa shape index (κ2) is 4.77. The van der Waals surface area contributed by atoms with Gasteiger partial charge < -0.3 is 9.47 Å². The van der Waals surface area contributed by atoms with Crippen LogP contribution >= 0.6 is 0 Å². The Morgan fingerprint density at radius 2 is 1.85 bits per heavy atom. The Balaban J connectivity index is 3.71. The molecule has 0 radical (unpaired) electrons. The first-order valence-electron chi connectivity index (χ1n) is 3.05. The van der Waals surface area contributed by atoms with Crippen LogP contribution in [0.1, 0.15) is 6.92 Å². The highest BCUT2D eigenvalue weighted by molar-refractivity contribution is 7.86. The third-order valence-corrected chi connectivity index (χ3v) is 1.38. The summed E-state index contributed by atoms with van der Waals surface area (Å²) in [6.07, 6.45) is 0. The average Bonchev–Trinajstić information content (AvgIpc) is 1.81. The number of hydrogen-bond acceptors (Lipinski definition) is 6. The highest BCUT2D eigenvalue weighted by Gasteiger charge is 2.14. The van der Waals surface area contributed by atoms with Crippen LogP contribution in [0.5, 0.6) is 0 Å². The maximum atomic E-state index is 10.5. The van der Waals surface area contributed by atoms with E-state index in [4.69, 9.17) is 4.55 Å². The molecule has 0 rings (SSSR count). The fraction of sp³-hybridized carbons (Fsp3) is 0.600. The fourth-order valence-electron chi connectivity index (χ4n) is 0.369. The Kier molecular flexibility index (Phi) is 4.35. The molecule has 8 heteroatoms. The molecule has 0 heterocycles. The molecule has 0 aromatic heterocycles. The molecule has 13 heavy (non-hydrogen) atoms. The van der Waals surface area contributed by atoms with Gasteiger partial charge >= 0.3 is 11.9 Å². The van der Waals surface area contributed by atoms with E-state index >= 15 is 0 Å². The molecule has 0 atom stereocenters. The summed E-state index contributed by atoms with van der Waals surface area (Å²) in [6.45, 7) is 0.431. The van der Waals surface area contributed by atoms with Gasteiger partial charge in [-0.25, -0.2) is 0 Å². The van der Waals surface area contributed by atoms with Crippen LogP contribution in [0.4, 0.5) is 0 Å². The Morgan fingerprint density at radius 3 is 2.23 bits per heavy atom. The van der Waals surface area contributed by atoms with Crippen molar-refractivity contribution in [1.82, 2.24) is 0 Å². The minimum Gasteiger partial charge on any atom is -0.428 e. The zero-order chi connectivity index (χ0) is 10.5. The van der Waals surface area contributed by atoms with Crippen LogP contribution in [-0.2, 0) is 29.2 Å². The van der Waals surface area contributed by atoms with Gasteiger partial charge in [0.2, 0.25) is 6.79 Å². The van der Waals surface area contributed by atoms with Gasteiger partial charge in [0.15, 0.2) is 5.75 Å². The molecule has 1 N–H and O–H groups in total. The molecule has 0 aliphatic heterocycles. The normalized spacial score (nSPS) is 10.6. The summed E-state index contributed by atoms with van der Waals surface area (Å²) < 4.78 is 36.6. The number of ether oxygens (including phenoxy) is 2. The van der Waals surface area contributed by atoms with Crippen molar-refractivity contribution in [2.24, 2.45) is 0 Å². The summed E-state index contributed by atoms with van der Waals surface area (Å²) in [4.78, 5) is 20.6. The summed E-state index contributed by atoms with van der Waals surface area (Å²) >= 11 is 0. The van der Waals surface area contributed by atoms with Gasteiger partial charge in [0.1, 0.15) is 0 Å². The van der Waals surface area contributed by atoms with Crippen LogP contribution in [0.15, 0.2) is 0 Å². The van der Waals surface area contributed by atoms with E-state index in [1.807, 2.05) is 0 Å². The molecule has 0 aliphatic carbocycles. The predicted octanol–water partition coefficient (Wildman–Crippen LogP) is -1.06. The highest BCUT2D eigenvalue weighted by atomic mass is 32.2. The third kappa shape index (κ3) is 8.76. The molecule has 0 bridgehead atoms. The van der Waals surface area contributed by atoms with Crippen molar-refractivity contribution in [3.8, 4) is 0 Å². The average molecular weight is 212 g/mol. The van der Waals surface area contributed by atoms with Gasteiger partial charge in [-0.05, 0) is 0 Å². The van der Waals surface area contributed by atoms with Crippen molar-refractivity contribution in [2.75, 3.05) is 12.5 Å². The van der Waals surface area contributed by atoms with Crippen LogP contribution in [-0.4, -0.2) is 37.5 Å². The molecule has 0 unspecified atom stereocenters. The van der Waals surface area contributed by atoms with Gasteiger partial charge in [-0.15, -0.1) is 0 Å². The van der Waals surface area contributed by atoms with Crippen LogP contribution in [0.25, 0.3) is 0 Å². The van der Waals surface area contributed by atoms with Gasteiger partial charge in [-0.3, -0.25) is 14.1 Å². The quantitative estimate of drug-likeness (QED) is 0.359. The summed E-state index contributed by atoms with van der Waals surface area (Å²) in [5.74, 6) is -3.02. The maximum absolute atomic E-state index is 10.5. The number of esters is 2. The monoisotopic (exact) mass is 212 g/mol. The minimum absolute atomic E-state index is 0.663. The molecule has 0 aromatic rings. The fourth-order valence-corrected chi connectivity index (χ4v) is 0.750. The second-order valence-electron chi connectivity index (χ2n) is 2.00. The van der Waals surface area contributed by atoms with Crippen LogP contribution in [0, 0.1) is 0 Å². The molecular weight excluding hydrogens is 204 g/mol. The number of carbonyl (C=O) groups excluding carboxylic acids is 2. The second-order valence-corrected chi connectivity index (χ2v) is 3.45. The van der Waals surface area contributed by atoms with E-state index in [9.17, 15) is 18.0 Å². The summed E-state index contributed by atoms with van der Waals surface area (Å²) in [6, 6.07) is 0. The van der Waals surface area contributed by atoms with Gasteiger partial charge in [-0.2, -0.15) is 8.42 Å². The first-order valence-corrected chi connectivity index (χ1v) is 4.66. The molecule has 0 saturated carbocycles. The van der Waals surface area contributed by atoms with Crippen molar-refractivity contribution in [3.63, 3.8) is 0 Å². The van der Waals surface area contributed by atoms with Crippen molar-refractivity contribution in [1.29, 1.82) is 0 Å². The van der Waals surface area contributed by atoms with E-state index in [-0.39, 0.29) is 0 Å². The molecule has 0 fully saturated rings. The van der Waals surface area contributed by atoms with Crippen LogP contribution in [0.3, 0.4) is 0 Å². The lowest BCUT2D eigenvalue weighted by Gasteiger charge is -2.02. The SMILES string of the molecule is CC(=O)OCOC(=O)CS(=O)(=O)O. The molecule has 0 aliphatic rings. The van der Waals surface area contributed by atoms with E-state index in [2.05, 4.69) is 9.47 Å². The molecule has 0 spiro atoms. The highest BCUT2D eigenvalue weighted by Crippen LogP contribution is 1.87. The maximum Gasteiger partial charge on any atom is 0.326 e. The summed E-state index contributed by atoms with van der Waals surface area (Å²) in [7, 11) is -4.39. The van der Waals surface area contributed by atoms with Crippen molar-refractivity contribution < 1.29 is 32.0 Å². The number of rotatable bonds is 4. The molecule has 7 nitrogen and oxygen atoms in total. The molecule has 0 aromatic carbocycles. The molecule has 0 saturated heterocycles. The minimum atomic E-state index is -4.39. The van der Waals surface area contributed by atoms with Crippen molar-refractivity contribution >= 4 is 22.1 Å². The lowest BCUT2D eigenvalue weighted by molar-refractivity contribution is -0.163. The van der Waals surface area contributed by atoms with Crippen LogP contribution in [0.2, 0.25) is 0 Å². The van der Waals surface area contributed by atoms with Crippen molar-refractivity contribution in [3.05, 3.63) is 0 Å². The standard InChI is InChI=1S/C5H8O7S/c1-4(6)11-3-12-5(7)2-13(8,9)10/h2-3H2,1H3,(H,8,9,10). The van der Waals surface area contributed by atoms with E-state index < -0.39 is 34.6 Å². The zero-order valence-electron chi connectivity index (χ0n) is 6.72. The van der Waals surface area contributed by atoms with Gasteiger partial charge in [0.05, 0.1) is 0 Å². The summed E-state index contributed by atoms with van der Waals surface area (Å²) in [5.41, 5.74) is 0. The van der Waals surface area contributed by atoms with E-state index in [1.54, 1.807) is 0 Å². The van der Waals surface area contributed by atoms with Crippen LogP contribution < -0.4 is 0 Å². The van der Waals surface area contributed by atoms with Gasteiger partial charge in [0, 0.05) is 6.92 Å². The predicted molar refractivity (Wildman–Crippen MR) is 39.1 cm³/mol. The number of hydrogen-bond donors (Lipinski definition) is 1. The van der Waals surface area contributed by atoms with E-state index in [0.717, 1.165) is 6.92 Å². The summed E-state index contributed by atoms with van der Waals surface area (Å²) in [5, 5.41) is 0. The van der Waals surface area contributed by atoms with E-state index in [0.29, 0.717) is 0 Å². The zero-order valence-corrected chi connectivity index (χ0v) is 7.54. The lowest BCUT2D eigenvalue weighted by Crippen LogP contribution is -2.19. The first kappa shape index (κ1) is 11.8. The molecular formula is C5H8O7S. The topological polar surface area (TPSA) is 107 Å². The first-order chi connectivity index (χ1) is 5.81. The van der Waals surface area contributed by atoms with Gasteiger partial charge in [0.25, 0.3) is 10.1 Å². The molecule has 76 valence electrons. The van der Waals surface area contributed by atoms with Gasteiger partial charge in [-0.1, -0.05) is 0 Å². The van der Waals surface area contributed by atoms with Crippen molar-refractivity contribution in [2.45, 2.75) is 6.92 Å². The Hall–Kier alpha value is -1.15. The lowest BCUT2D eigenvalue weighted by atomic mass is 10.8. The smallest absolute Gasteiger partial charge is 0.326 e. The molecule has 0 amide bonds. The number of carbonyl (C=O) groups is 2. The third-order valence-electron chi connectivity index (χ3n) is 0.782. The van der Waals surface area contributed by atoms with E-state index in [1.165, 1.54) is 0 Å². The largest absolute Gasteiger partial charge is 0.428 e. The Morgan fingerprint density at radius 1 is 1.31 bits per heavy atom.